The molecule has 0 radical (unpaired) electrons. The van der Waals surface area contributed by atoms with Crippen molar-refractivity contribution >= 4 is 0 Å². The molecule has 0 aliphatic rings. The molecule has 0 unspecified atom stereocenters. The van der Waals surface area contributed by atoms with Crippen LogP contribution in [0.3, 0.4) is 0 Å². The number of pyridine rings is 1. The molecule has 0 amide bonds. The van der Waals surface area contributed by atoms with E-state index in [9.17, 15) is 13.2 Å². The number of hydrogen-bond acceptors (Lipinski definition) is 3. The zero-order chi connectivity index (χ0) is 15.3. The number of methoxy groups -OCH3 is 1. The van der Waals surface area contributed by atoms with E-state index < -0.39 is 11.7 Å². The van der Waals surface area contributed by atoms with E-state index in [1.807, 2.05) is 0 Å². The van der Waals surface area contributed by atoms with E-state index in [0.717, 1.165) is 11.6 Å². The van der Waals surface area contributed by atoms with Crippen LogP contribution in [-0.2, 0) is 19.3 Å². The van der Waals surface area contributed by atoms with Gasteiger partial charge < -0.3 is 10.1 Å². The van der Waals surface area contributed by atoms with E-state index in [1.165, 1.54) is 19.2 Å². The summed E-state index contributed by atoms with van der Waals surface area (Å²) in [7, 11) is 1.51. The van der Waals surface area contributed by atoms with Gasteiger partial charge in [0.25, 0.3) is 0 Å². The minimum absolute atomic E-state index is 0.139. The maximum Gasteiger partial charge on any atom is 0.416 e. The molecule has 0 saturated heterocycles. The van der Waals surface area contributed by atoms with Gasteiger partial charge >= 0.3 is 6.18 Å². The highest BCUT2D eigenvalue weighted by Crippen LogP contribution is 2.31. The summed E-state index contributed by atoms with van der Waals surface area (Å²) in [5.74, 6) is 0.477. The highest BCUT2D eigenvalue weighted by Gasteiger charge is 2.32. The van der Waals surface area contributed by atoms with Gasteiger partial charge in [0.05, 0.1) is 12.7 Å². The summed E-state index contributed by atoms with van der Waals surface area (Å²) < 4.78 is 43.5. The molecule has 0 atom stereocenters. The molecule has 1 aromatic carbocycles. The van der Waals surface area contributed by atoms with Crippen molar-refractivity contribution in [1.82, 2.24) is 10.3 Å². The van der Waals surface area contributed by atoms with Crippen LogP contribution >= 0.6 is 0 Å². The lowest BCUT2D eigenvalue weighted by atomic mass is 10.1. The lowest BCUT2D eigenvalue weighted by molar-refractivity contribution is -0.138. The van der Waals surface area contributed by atoms with Crippen molar-refractivity contribution in [3.05, 3.63) is 59.3 Å². The van der Waals surface area contributed by atoms with Crippen LogP contribution in [0.15, 0.2) is 42.6 Å². The van der Waals surface area contributed by atoms with Crippen molar-refractivity contribution in [1.29, 1.82) is 0 Å². The Balaban J connectivity index is 2.01. The average molecular weight is 296 g/mol. The van der Waals surface area contributed by atoms with Crippen molar-refractivity contribution in [2.45, 2.75) is 19.3 Å². The number of ether oxygens (including phenoxy) is 1. The highest BCUT2D eigenvalue weighted by molar-refractivity contribution is 5.29. The average Bonchev–Trinajstić information content (AvgIpc) is 2.47. The lowest BCUT2D eigenvalue weighted by Gasteiger charge is -2.13. The molecule has 3 nitrogen and oxygen atoms in total. The number of nitrogens with one attached hydrogen (secondary N) is 1. The normalized spacial score (nSPS) is 11.4. The fourth-order valence-electron chi connectivity index (χ4n) is 1.96. The van der Waals surface area contributed by atoms with Gasteiger partial charge in [0, 0.05) is 25.4 Å². The first-order valence-electron chi connectivity index (χ1n) is 6.35. The van der Waals surface area contributed by atoms with Crippen LogP contribution in [0.1, 0.15) is 16.7 Å². The molecule has 2 rings (SSSR count). The van der Waals surface area contributed by atoms with Crippen molar-refractivity contribution in [3.63, 3.8) is 0 Å². The topological polar surface area (TPSA) is 34.1 Å². The Hall–Kier alpha value is -2.08. The Kier molecular flexibility index (Phi) is 4.80. The minimum Gasteiger partial charge on any atom is -0.481 e. The van der Waals surface area contributed by atoms with Gasteiger partial charge in [-0.2, -0.15) is 13.2 Å². The van der Waals surface area contributed by atoms with Gasteiger partial charge in [0.15, 0.2) is 0 Å². The number of alkyl halides is 3. The zero-order valence-electron chi connectivity index (χ0n) is 11.4. The molecule has 0 fully saturated rings. The molecule has 0 saturated carbocycles. The molecule has 0 aliphatic carbocycles. The lowest BCUT2D eigenvalue weighted by Crippen LogP contribution is -2.17. The van der Waals surface area contributed by atoms with Crippen LogP contribution in [0.5, 0.6) is 5.88 Å². The predicted octanol–water partition coefficient (Wildman–Crippen LogP) is 3.40. The van der Waals surface area contributed by atoms with E-state index >= 15 is 0 Å². The van der Waals surface area contributed by atoms with Crippen molar-refractivity contribution < 1.29 is 17.9 Å². The molecule has 1 aromatic heterocycles. The monoisotopic (exact) mass is 296 g/mol. The van der Waals surface area contributed by atoms with E-state index in [-0.39, 0.29) is 12.1 Å². The fraction of sp³-hybridized carbons (Fsp3) is 0.267. The Bertz CT molecular complexity index is 599. The highest BCUT2D eigenvalue weighted by atomic mass is 19.4. The summed E-state index contributed by atoms with van der Waals surface area (Å²) in [5.41, 5.74) is 0.516. The van der Waals surface area contributed by atoms with Gasteiger partial charge in [-0.1, -0.05) is 18.2 Å². The van der Waals surface area contributed by atoms with Crippen molar-refractivity contribution in [3.8, 4) is 5.88 Å². The molecule has 1 heterocycles. The van der Waals surface area contributed by atoms with Crippen molar-refractivity contribution in [2.24, 2.45) is 0 Å². The number of aromatic nitrogens is 1. The van der Waals surface area contributed by atoms with Gasteiger partial charge in [-0.3, -0.25) is 0 Å². The van der Waals surface area contributed by atoms with E-state index in [2.05, 4.69) is 10.3 Å². The van der Waals surface area contributed by atoms with Crippen molar-refractivity contribution in [2.75, 3.05) is 7.11 Å². The molecule has 1 N–H and O–H groups in total. The first-order chi connectivity index (χ1) is 10.0. The zero-order valence-corrected chi connectivity index (χ0v) is 11.4. The van der Waals surface area contributed by atoms with Gasteiger partial charge in [0.2, 0.25) is 5.88 Å². The second kappa shape index (κ2) is 6.58. The molecule has 6 heteroatoms. The second-order valence-corrected chi connectivity index (χ2v) is 4.46. The van der Waals surface area contributed by atoms with Gasteiger partial charge in [-0.15, -0.1) is 0 Å². The minimum atomic E-state index is -4.34. The van der Waals surface area contributed by atoms with E-state index in [4.69, 9.17) is 4.74 Å². The molecular weight excluding hydrogens is 281 g/mol. The maximum atomic E-state index is 12.8. The second-order valence-electron chi connectivity index (χ2n) is 4.46. The summed E-state index contributed by atoms with van der Waals surface area (Å²) in [6, 6.07) is 9.07. The number of nitrogens with zero attached hydrogens (tertiary/aromatic N) is 1. The Morgan fingerprint density at radius 3 is 2.62 bits per heavy atom. The number of hydrogen-bond donors (Lipinski definition) is 1. The Morgan fingerprint density at radius 2 is 1.90 bits per heavy atom. The first kappa shape index (κ1) is 15.3. The molecule has 0 aliphatic heterocycles. The number of halogens is 3. The predicted molar refractivity (Wildman–Crippen MR) is 72.8 cm³/mol. The third-order valence-electron chi connectivity index (χ3n) is 2.98. The summed E-state index contributed by atoms with van der Waals surface area (Å²) in [5, 5.41) is 3.00. The smallest absolute Gasteiger partial charge is 0.416 e. The van der Waals surface area contributed by atoms with E-state index in [1.54, 1.807) is 24.4 Å². The largest absolute Gasteiger partial charge is 0.481 e. The molecule has 0 spiro atoms. The maximum absolute atomic E-state index is 12.8. The molecule has 0 bridgehead atoms. The first-order valence-corrected chi connectivity index (χ1v) is 6.35. The quantitative estimate of drug-likeness (QED) is 0.918. The van der Waals surface area contributed by atoms with Gasteiger partial charge in [0.1, 0.15) is 0 Å². The Morgan fingerprint density at radius 1 is 1.14 bits per heavy atom. The van der Waals surface area contributed by atoms with Crippen LogP contribution in [0.4, 0.5) is 13.2 Å². The molecule has 112 valence electrons. The van der Waals surface area contributed by atoms with Gasteiger partial charge in [-0.25, -0.2) is 4.98 Å². The van der Waals surface area contributed by atoms with Gasteiger partial charge in [-0.05, 0) is 23.3 Å². The Labute approximate surface area is 120 Å². The van der Waals surface area contributed by atoms with E-state index in [0.29, 0.717) is 12.4 Å². The molecular formula is C15H15F3N2O. The third-order valence-corrected chi connectivity index (χ3v) is 2.98. The molecule has 21 heavy (non-hydrogen) atoms. The summed E-state index contributed by atoms with van der Waals surface area (Å²) in [4.78, 5) is 3.97. The summed E-state index contributed by atoms with van der Waals surface area (Å²) >= 11 is 0. The number of benzene rings is 1. The van der Waals surface area contributed by atoms with Crippen LogP contribution in [0.25, 0.3) is 0 Å². The van der Waals surface area contributed by atoms with Crippen LogP contribution in [-0.4, -0.2) is 12.1 Å². The summed E-state index contributed by atoms with van der Waals surface area (Å²) in [6.07, 6.45) is -2.74. The third kappa shape index (κ3) is 4.19. The summed E-state index contributed by atoms with van der Waals surface area (Å²) in [6.45, 7) is 0.575. The fourth-order valence-corrected chi connectivity index (χ4v) is 1.96. The standard InChI is InChI=1S/C15H15F3N2O/c1-21-14-8-11(6-7-20-14)9-19-10-12-4-2-3-5-13(12)15(16,17)18/h2-8,19H,9-10H2,1H3. The molecule has 2 aromatic rings. The van der Waals surface area contributed by atoms with Crippen LogP contribution in [0, 0.1) is 0 Å². The van der Waals surface area contributed by atoms with Crippen LogP contribution in [0.2, 0.25) is 0 Å². The number of rotatable bonds is 5. The van der Waals surface area contributed by atoms with Crippen LogP contribution < -0.4 is 10.1 Å². The SMILES string of the molecule is COc1cc(CNCc2ccccc2C(F)(F)F)ccn1.